The largest absolute Gasteiger partial charge is 0.312 e. The third kappa shape index (κ3) is 2.04. The van der Waals surface area contributed by atoms with Crippen LogP contribution in [0.2, 0.25) is 0 Å². The molecule has 0 unspecified atom stereocenters. The summed E-state index contributed by atoms with van der Waals surface area (Å²) in [5.74, 6) is 0.0338. The first kappa shape index (κ1) is 13.7. The van der Waals surface area contributed by atoms with Gasteiger partial charge in [-0.05, 0) is 30.2 Å². The molecule has 0 saturated heterocycles. The van der Waals surface area contributed by atoms with Crippen molar-refractivity contribution in [2.24, 2.45) is 0 Å². The van der Waals surface area contributed by atoms with Crippen LogP contribution in [0, 0.1) is 0 Å². The summed E-state index contributed by atoms with van der Waals surface area (Å²) in [6, 6.07) is 11.6. The third-order valence-corrected chi connectivity index (χ3v) is 4.31. The van der Waals surface area contributed by atoms with Crippen LogP contribution in [0.4, 0.5) is 5.69 Å². The molecule has 0 N–H and O–H groups in total. The number of pyridine rings is 1. The minimum Gasteiger partial charge on any atom is -0.312 e. The van der Waals surface area contributed by atoms with Crippen LogP contribution >= 0.6 is 0 Å². The number of rotatable bonds is 2. The predicted molar refractivity (Wildman–Crippen MR) is 87.7 cm³/mol. The van der Waals surface area contributed by atoms with E-state index in [0.29, 0.717) is 17.9 Å². The van der Waals surface area contributed by atoms with Crippen LogP contribution in [-0.4, -0.2) is 28.1 Å². The number of nitrogens with zero attached hydrogens (tertiary/aromatic N) is 3. The van der Waals surface area contributed by atoms with Gasteiger partial charge in [-0.1, -0.05) is 18.2 Å². The molecule has 3 heterocycles. The van der Waals surface area contributed by atoms with Gasteiger partial charge in [0.05, 0.1) is 0 Å². The summed E-state index contributed by atoms with van der Waals surface area (Å²) in [4.78, 5) is 29.7. The number of hydrogen-bond acceptors (Lipinski definition) is 3. The lowest BCUT2D eigenvalue weighted by Gasteiger charge is -2.15. The van der Waals surface area contributed by atoms with Gasteiger partial charge in [0.2, 0.25) is 5.91 Å². The minimum atomic E-state index is 0.0338. The van der Waals surface area contributed by atoms with Crippen molar-refractivity contribution in [2.45, 2.75) is 13.3 Å². The monoisotopic (exact) mass is 305 g/mol. The fourth-order valence-corrected chi connectivity index (χ4v) is 3.19. The maximum Gasteiger partial charge on any atom is 0.223 e. The molecule has 4 rings (SSSR count). The van der Waals surface area contributed by atoms with Crippen molar-refractivity contribution in [1.29, 1.82) is 0 Å². The maximum absolute atomic E-state index is 11.8. The average molecular weight is 305 g/mol. The summed E-state index contributed by atoms with van der Waals surface area (Å²) < 4.78 is 1.78. The minimum absolute atomic E-state index is 0.0338. The Balaban J connectivity index is 1.91. The topological polar surface area (TPSA) is 54.7 Å². The Morgan fingerprint density at radius 3 is 2.91 bits per heavy atom. The molecular formula is C18H15N3O2. The first-order valence-electron chi connectivity index (χ1n) is 7.52. The maximum atomic E-state index is 11.8. The average Bonchev–Trinajstić information content (AvgIpc) is 3.15. The van der Waals surface area contributed by atoms with Crippen LogP contribution in [0.5, 0.6) is 0 Å². The molecule has 5 nitrogen and oxygen atoms in total. The Morgan fingerprint density at radius 2 is 2.13 bits per heavy atom. The first-order valence-corrected chi connectivity index (χ1v) is 7.52. The standard InChI is InChI=1S/C18H15N3O2/c1-12(23)20-9-7-13-5-6-14(10-15(13)20)18-16(11-22)21-8-3-2-4-17(21)19-18/h2-6,8,10-11H,7,9H2,1H3. The van der Waals surface area contributed by atoms with E-state index in [0.717, 1.165) is 35.2 Å². The third-order valence-electron chi connectivity index (χ3n) is 4.31. The smallest absolute Gasteiger partial charge is 0.223 e. The van der Waals surface area contributed by atoms with Gasteiger partial charge in [-0.2, -0.15) is 0 Å². The van der Waals surface area contributed by atoms with Gasteiger partial charge >= 0.3 is 0 Å². The molecule has 1 aromatic carbocycles. The zero-order valence-electron chi connectivity index (χ0n) is 12.7. The van der Waals surface area contributed by atoms with Crippen LogP contribution in [-0.2, 0) is 11.2 Å². The van der Waals surface area contributed by atoms with Gasteiger partial charge in [-0.3, -0.25) is 14.0 Å². The molecule has 1 aliphatic heterocycles. The Kier molecular flexibility index (Phi) is 3.01. The number of aldehydes is 1. The SMILES string of the molecule is CC(=O)N1CCc2ccc(-c3nc4ccccn4c3C=O)cc21. The number of benzene rings is 1. The normalized spacial score (nSPS) is 13.3. The number of carbonyl (C=O) groups is 2. The van der Waals surface area contributed by atoms with Crippen molar-refractivity contribution in [2.75, 3.05) is 11.4 Å². The van der Waals surface area contributed by atoms with Crippen LogP contribution in [0.3, 0.4) is 0 Å². The zero-order chi connectivity index (χ0) is 16.0. The van der Waals surface area contributed by atoms with Crippen molar-refractivity contribution in [3.05, 3.63) is 53.9 Å². The summed E-state index contributed by atoms with van der Waals surface area (Å²) in [7, 11) is 0. The Hall–Kier alpha value is -2.95. The highest BCUT2D eigenvalue weighted by Gasteiger charge is 2.23. The molecule has 0 saturated carbocycles. The molecule has 3 aromatic rings. The van der Waals surface area contributed by atoms with Crippen LogP contribution in [0.25, 0.3) is 16.9 Å². The second kappa shape index (κ2) is 5.05. The molecule has 1 amide bonds. The van der Waals surface area contributed by atoms with E-state index in [1.807, 2.05) is 42.6 Å². The molecule has 114 valence electrons. The van der Waals surface area contributed by atoms with Crippen molar-refractivity contribution >= 4 is 23.5 Å². The summed E-state index contributed by atoms with van der Waals surface area (Å²) in [5.41, 5.74) is 4.82. The van der Waals surface area contributed by atoms with Crippen LogP contribution in [0.1, 0.15) is 23.0 Å². The number of anilines is 1. The van der Waals surface area contributed by atoms with Gasteiger partial charge < -0.3 is 4.90 Å². The second-order valence-corrected chi connectivity index (χ2v) is 5.66. The fourth-order valence-electron chi connectivity index (χ4n) is 3.19. The molecule has 0 fully saturated rings. The molecule has 0 atom stereocenters. The zero-order valence-corrected chi connectivity index (χ0v) is 12.7. The summed E-state index contributed by atoms with van der Waals surface area (Å²) in [6.45, 7) is 2.28. The Bertz CT molecular complexity index is 943. The van der Waals surface area contributed by atoms with Gasteiger partial charge in [-0.25, -0.2) is 4.98 Å². The lowest BCUT2D eigenvalue weighted by Crippen LogP contribution is -2.25. The summed E-state index contributed by atoms with van der Waals surface area (Å²) in [5, 5.41) is 0. The van der Waals surface area contributed by atoms with Crippen LogP contribution < -0.4 is 4.90 Å². The molecule has 0 aliphatic carbocycles. The van der Waals surface area contributed by atoms with E-state index < -0.39 is 0 Å². The van der Waals surface area contributed by atoms with Gasteiger partial charge in [0.1, 0.15) is 17.0 Å². The highest BCUT2D eigenvalue weighted by atomic mass is 16.2. The van der Waals surface area contributed by atoms with Crippen molar-refractivity contribution in [3.8, 4) is 11.3 Å². The molecule has 0 radical (unpaired) electrons. The lowest BCUT2D eigenvalue weighted by molar-refractivity contribution is -0.116. The van der Waals surface area contributed by atoms with E-state index in [2.05, 4.69) is 4.98 Å². The molecule has 1 aliphatic rings. The summed E-state index contributed by atoms with van der Waals surface area (Å²) >= 11 is 0. The Labute approximate surface area is 133 Å². The van der Waals surface area contributed by atoms with Gasteiger partial charge in [0.25, 0.3) is 0 Å². The second-order valence-electron chi connectivity index (χ2n) is 5.66. The molecule has 5 heteroatoms. The van der Waals surface area contributed by atoms with E-state index in [-0.39, 0.29) is 5.91 Å². The number of fused-ring (bicyclic) bond motifs is 2. The number of carbonyl (C=O) groups excluding carboxylic acids is 2. The van der Waals surface area contributed by atoms with E-state index in [9.17, 15) is 9.59 Å². The van der Waals surface area contributed by atoms with E-state index in [1.54, 1.807) is 16.2 Å². The van der Waals surface area contributed by atoms with Gasteiger partial charge in [0.15, 0.2) is 6.29 Å². The number of hydrogen-bond donors (Lipinski definition) is 0. The number of imidazole rings is 1. The van der Waals surface area contributed by atoms with E-state index in [1.165, 1.54) is 0 Å². The lowest BCUT2D eigenvalue weighted by atomic mass is 10.1. The quantitative estimate of drug-likeness (QED) is 0.684. The van der Waals surface area contributed by atoms with Gasteiger partial charge in [0, 0.05) is 30.9 Å². The molecular weight excluding hydrogens is 290 g/mol. The highest BCUT2D eigenvalue weighted by Crippen LogP contribution is 2.33. The van der Waals surface area contributed by atoms with Crippen molar-refractivity contribution in [3.63, 3.8) is 0 Å². The van der Waals surface area contributed by atoms with Crippen LogP contribution in [0.15, 0.2) is 42.6 Å². The van der Waals surface area contributed by atoms with Gasteiger partial charge in [-0.15, -0.1) is 0 Å². The van der Waals surface area contributed by atoms with Crippen molar-refractivity contribution in [1.82, 2.24) is 9.38 Å². The summed E-state index contributed by atoms with van der Waals surface area (Å²) in [6.07, 6.45) is 3.51. The fraction of sp³-hybridized carbons (Fsp3) is 0.167. The molecule has 23 heavy (non-hydrogen) atoms. The van der Waals surface area contributed by atoms with E-state index in [4.69, 9.17) is 0 Å². The number of amides is 1. The molecule has 0 bridgehead atoms. The Morgan fingerprint density at radius 1 is 1.26 bits per heavy atom. The predicted octanol–water partition coefficient (Wildman–Crippen LogP) is 2.72. The molecule has 2 aromatic heterocycles. The van der Waals surface area contributed by atoms with E-state index >= 15 is 0 Å². The number of aromatic nitrogens is 2. The highest BCUT2D eigenvalue weighted by molar-refractivity contribution is 5.95. The van der Waals surface area contributed by atoms with Crippen molar-refractivity contribution < 1.29 is 9.59 Å². The molecule has 0 spiro atoms. The first-order chi connectivity index (χ1) is 11.2.